The SMILES string of the molecule is CC(=CCOC(=O)CN1CCC[C@H]1C(=O)NCc1ccccc1)c1ccccc1. The van der Waals surface area contributed by atoms with Crippen molar-refractivity contribution in [3.8, 4) is 0 Å². The minimum atomic E-state index is -0.301. The fourth-order valence-electron chi connectivity index (χ4n) is 3.51. The van der Waals surface area contributed by atoms with E-state index in [0.29, 0.717) is 6.54 Å². The van der Waals surface area contributed by atoms with E-state index in [2.05, 4.69) is 5.32 Å². The highest BCUT2D eigenvalue weighted by Gasteiger charge is 2.32. The molecule has 0 aromatic heterocycles. The van der Waals surface area contributed by atoms with Crippen LogP contribution in [0.1, 0.15) is 30.9 Å². The predicted octanol–water partition coefficient (Wildman–Crippen LogP) is 3.41. The van der Waals surface area contributed by atoms with Crippen LogP contribution in [0.4, 0.5) is 0 Å². The van der Waals surface area contributed by atoms with E-state index in [9.17, 15) is 9.59 Å². The number of hydrogen-bond acceptors (Lipinski definition) is 4. The summed E-state index contributed by atoms with van der Waals surface area (Å²) in [4.78, 5) is 26.7. The minimum absolute atomic E-state index is 0.0287. The number of likely N-dealkylation sites (tertiary alicyclic amines) is 1. The van der Waals surface area contributed by atoms with Gasteiger partial charge in [-0.1, -0.05) is 60.7 Å². The van der Waals surface area contributed by atoms with Gasteiger partial charge >= 0.3 is 5.97 Å². The molecule has 0 unspecified atom stereocenters. The molecule has 1 fully saturated rings. The van der Waals surface area contributed by atoms with E-state index in [1.54, 1.807) is 0 Å². The Bertz CT molecular complexity index is 834. The molecule has 2 aromatic rings. The standard InChI is InChI=1S/C24H28N2O3/c1-19(21-11-6-3-7-12-21)14-16-29-23(27)18-26-15-8-13-22(26)24(28)25-17-20-9-4-2-5-10-20/h2-7,9-12,14,22H,8,13,15-18H2,1H3,(H,25,28)/t22-/m0/s1. The van der Waals surface area contributed by atoms with Gasteiger partial charge in [0.1, 0.15) is 6.61 Å². The van der Waals surface area contributed by atoms with Crippen molar-refractivity contribution in [1.82, 2.24) is 10.2 Å². The molecule has 1 saturated heterocycles. The van der Waals surface area contributed by atoms with Crippen molar-refractivity contribution in [2.75, 3.05) is 19.7 Å². The predicted molar refractivity (Wildman–Crippen MR) is 114 cm³/mol. The molecule has 1 heterocycles. The summed E-state index contributed by atoms with van der Waals surface area (Å²) in [5, 5.41) is 2.98. The Morgan fingerprint density at radius 3 is 2.52 bits per heavy atom. The number of carbonyl (C=O) groups excluding carboxylic acids is 2. The summed E-state index contributed by atoms with van der Waals surface area (Å²) in [7, 11) is 0. The molecule has 1 atom stereocenters. The first-order chi connectivity index (χ1) is 14.1. The molecule has 1 aliphatic rings. The lowest BCUT2D eigenvalue weighted by molar-refractivity contribution is -0.144. The molecule has 0 spiro atoms. The van der Waals surface area contributed by atoms with Crippen molar-refractivity contribution in [3.05, 3.63) is 77.9 Å². The summed E-state index contributed by atoms with van der Waals surface area (Å²) in [6, 6.07) is 19.5. The lowest BCUT2D eigenvalue weighted by Crippen LogP contribution is -2.45. The van der Waals surface area contributed by atoms with Crippen LogP contribution in [0.3, 0.4) is 0 Å². The number of amides is 1. The maximum Gasteiger partial charge on any atom is 0.320 e. The zero-order valence-corrected chi connectivity index (χ0v) is 16.8. The molecule has 0 bridgehead atoms. The van der Waals surface area contributed by atoms with Crippen molar-refractivity contribution in [1.29, 1.82) is 0 Å². The Morgan fingerprint density at radius 1 is 1.10 bits per heavy atom. The van der Waals surface area contributed by atoms with E-state index in [1.165, 1.54) is 0 Å². The third kappa shape index (κ3) is 6.29. The molecule has 1 N–H and O–H groups in total. The van der Waals surface area contributed by atoms with Gasteiger partial charge in [-0.2, -0.15) is 0 Å². The molecular weight excluding hydrogens is 364 g/mol. The third-order valence-corrected chi connectivity index (χ3v) is 5.17. The van der Waals surface area contributed by atoms with Gasteiger partial charge in [-0.05, 0) is 49.1 Å². The first-order valence-electron chi connectivity index (χ1n) is 10.1. The third-order valence-electron chi connectivity index (χ3n) is 5.17. The molecule has 1 aliphatic heterocycles. The Hall–Kier alpha value is -2.92. The largest absolute Gasteiger partial charge is 0.460 e. The molecule has 0 radical (unpaired) electrons. The topological polar surface area (TPSA) is 58.6 Å². The van der Waals surface area contributed by atoms with Crippen LogP contribution in [0, 0.1) is 0 Å². The second kappa shape index (κ2) is 10.6. The lowest BCUT2D eigenvalue weighted by Gasteiger charge is -2.22. The molecule has 152 valence electrons. The van der Waals surface area contributed by atoms with Gasteiger partial charge in [0.15, 0.2) is 0 Å². The van der Waals surface area contributed by atoms with Crippen LogP contribution >= 0.6 is 0 Å². The van der Waals surface area contributed by atoms with Gasteiger partial charge < -0.3 is 10.1 Å². The van der Waals surface area contributed by atoms with Gasteiger partial charge in [0, 0.05) is 6.54 Å². The number of benzene rings is 2. The Labute approximate surface area is 172 Å². The van der Waals surface area contributed by atoms with E-state index >= 15 is 0 Å². The molecule has 3 rings (SSSR count). The quantitative estimate of drug-likeness (QED) is 0.700. The normalized spacial score (nSPS) is 17.1. The number of esters is 1. The minimum Gasteiger partial charge on any atom is -0.460 e. The fraction of sp³-hybridized carbons (Fsp3) is 0.333. The molecule has 5 heteroatoms. The number of nitrogens with one attached hydrogen (secondary N) is 1. The highest BCUT2D eigenvalue weighted by molar-refractivity contribution is 5.83. The molecular formula is C24H28N2O3. The monoisotopic (exact) mass is 392 g/mol. The van der Waals surface area contributed by atoms with E-state index in [0.717, 1.165) is 36.1 Å². The van der Waals surface area contributed by atoms with E-state index in [-0.39, 0.29) is 31.1 Å². The molecule has 0 aliphatic carbocycles. The van der Waals surface area contributed by atoms with E-state index < -0.39 is 0 Å². The number of ether oxygens (including phenoxy) is 1. The summed E-state index contributed by atoms with van der Waals surface area (Å²) in [6.07, 6.45) is 3.58. The second-order valence-electron chi connectivity index (χ2n) is 7.27. The van der Waals surface area contributed by atoms with Crippen LogP contribution in [0.25, 0.3) is 5.57 Å². The van der Waals surface area contributed by atoms with Gasteiger partial charge in [0.2, 0.25) is 5.91 Å². The van der Waals surface area contributed by atoms with Gasteiger partial charge in [-0.15, -0.1) is 0 Å². The van der Waals surface area contributed by atoms with Crippen LogP contribution < -0.4 is 5.32 Å². The number of allylic oxidation sites excluding steroid dienone is 1. The highest BCUT2D eigenvalue weighted by Crippen LogP contribution is 2.17. The maximum absolute atomic E-state index is 12.6. The van der Waals surface area contributed by atoms with Gasteiger partial charge in [-0.3, -0.25) is 14.5 Å². The first kappa shape index (κ1) is 20.8. The van der Waals surface area contributed by atoms with Crippen molar-refractivity contribution in [3.63, 3.8) is 0 Å². The zero-order valence-electron chi connectivity index (χ0n) is 16.8. The van der Waals surface area contributed by atoms with Crippen LogP contribution in [0.2, 0.25) is 0 Å². The molecule has 2 aromatic carbocycles. The number of hydrogen-bond donors (Lipinski definition) is 1. The van der Waals surface area contributed by atoms with Gasteiger partial charge in [0.25, 0.3) is 0 Å². The highest BCUT2D eigenvalue weighted by atomic mass is 16.5. The Morgan fingerprint density at radius 2 is 1.79 bits per heavy atom. The summed E-state index contributed by atoms with van der Waals surface area (Å²) in [6.45, 7) is 3.60. The summed E-state index contributed by atoms with van der Waals surface area (Å²) in [5.41, 5.74) is 3.24. The van der Waals surface area contributed by atoms with E-state index in [4.69, 9.17) is 4.74 Å². The van der Waals surface area contributed by atoms with Gasteiger partial charge in [-0.25, -0.2) is 0 Å². The Kier molecular flexibility index (Phi) is 7.59. The molecule has 1 amide bonds. The van der Waals surface area contributed by atoms with Crippen molar-refractivity contribution in [2.45, 2.75) is 32.4 Å². The van der Waals surface area contributed by atoms with Crippen molar-refractivity contribution in [2.24, 2.45) is 0 Å². The second-order valence-corrected chi connectivity index (χ2v) is 7.27. The summed E-state index contributed by atoms with van der Waals surface area (Å²) < 4.78 is 5.36. The smallest absolute Gasteiger partial charge is 0.320 e. The van der Waals surface area contributed by atoms with Crippen LogP contribution in [-0.4, -0.2) is 42.5 Å². The van der Waals surface area contributed by atoms with E-state index in [1.807, 2.05) is 78.6 Å². The molecule has 5 nitrogen and oxygen atoms in total. The van der Waals surface area contributed by atoms with Crippen LogP contribution in [-0.2, 0) is 20.9 Å². The van der Waals surface area contributed by atoms with Crippen molar-refractivity contribution < 1.29 is 14.3 Å². The average molecular weight is 392 g/mol. The lowest BCUT2D eigenvalue weighted by atomic mass is 10.1. The fourth-order valence-corrected chi connectivity index (χ4v) is 3.51. The molecule has 0 saturated carbocycles. The Balaban J connectivity index is 1.44. The van der Waals surface area contributed by atoms with Crippen molar-refractivity contribution >= 4 is 17.4 Å². The zero-order chi connectivity index (χ0) is 20.5. The summed E-state index contributed by atoms with van der Waals surface area (Å²) >= 11 is 0. The van der Waals surface area contributed by atoms with Crippen LogP contribution in [0.15, 0.2) is 66.7 Å². The van der Waals surface area contributed by atoms with Crippen LogP contribution in [0.5, 0.6) is 0 Å². The number of rotatable bonds is 8. The summed E-state index contributed by atoms with van der Waals surface area (Å²) in [5.74, 6) is -0.330. The number of nitrogens with zero attached hydrogens (tertiary/aromatic N) is 1. The maximum atomic E-state index is 12.6. The number of carbonyl (C=O) groups is 2. The first-order valence-corrected chi connectivity index (χ1v) is 10.1. The molecule has 29 heavy (non-hydrogen) atoms. The average Bonchev–Trinajstić information content (AvgIpc) is 3.21. The van der Waals surface area contributed by atoms with Gasteiger partial charge in [0.05, 0.1) is 12.6 Å².